The zero-order chi connectivity index (χ0) is 13.0. The molecule has 0 aliphatic rings. The second-order valence-electron chi connectivity index (χ2n) is 4.80. The quantitative estimate of drug-likeness (QED) is 0.721. The molecule has 0 aromatic heterocycles. The Balaban J connectivity index is 2.18. The van der Waals surface area contributed by atoms with Crippen LogP contribution >= 0.6 is 0 Å². The first-order valence-electron chi connectivity index (χ1n) is 6.09. The summed E-state index contributed by atoms with van der Waals surface area (Å²) in [7, 11) is -1.75. The Kier molecular flexibility index (Phi) is 3.68. The Hall–Kier alpha value is -1.80. The van der Waals surface area contributed by atoms with Crippen molar-refractivity contribution in [3.63, 3.8) is 0 Å². The fourth-order valence-electron chi connectivity index (χ4n) is 1.69. The number of hydrogen-bond donors (Lipinski definition) is 0. The maximum Gasteiger partial charge on any atom is 0.269 e. The predicted molar refractivity (Wildman–Crippen MR) is 80.2 cm³/mol. The van der Waals surface area contributed by atoms with Crippen LogP contribution in [0.5, 0.6) is 5.75 Å². The minimum Gasteiger partial charge on any atom is -0.540 e. The molecule has 0 unspecified atom stereocenters. The van der Waals surface area contributed by atoms with Gasteiger partial charge in [-0.05, 0) is 36.4 Å². The molecule has 2 aromatic rings. The van der Waals surface area contributed by atoms with Gasteiger partial charge in [0.1, 0.15) is 5.75 Å². The standard InChI is InChI=1S/C16H18OSi/c1-4-18(2,3)17-16-12-10-15(11-13-16)14-8-6-5-7-9-14/h4-13H,1H2,2-3H3. The summed E-state index contributed by atoms with van der Waals surface area (Å²) in [4.78, 5) is 0. The van der Waals surface area contributed by atoms with Crippen LogP contribution in [0.15, 0.2) is 66.9 Å². The van der Waals surface area contributed by atoms with E-state index in [4.69, 9.17) is 4.43 Å². The van der Waals surface area contributed by atoms with Crippen molar-refractivity contribution in [3.8, 4) is 16.9 Å². The van der Waals surface area contributed by atoms with Gasteiger partial charge in [-0.15, -0.1) is 6.58 Å². The molecule has 2 rings (SSSR count). The smallest absolute Gasteiger partial charge is 0.269 e. The van der Waals surface area contributed by atoms with Crippen LogP contribution in [-0.2, 0) is 0 Å². The summed E-state index contributed by atoms with van der Waals surface area (Å²) in [5, 5.41) is 0. The van der Waals surface area contributed by atoms with Crippen LogP contribution in [0.2, 0.25) is 13.1 Å². The van der Waals surface area contributed by atoms with E-state index in [9.17, 15) is 0 Å². The normalized spacial score (nSPS) is 11.0. The molecule has 0 radical (unpaired) electrons. The van der Waals surface area contributed by atoms with Gasteiger partial charge in [0, 0.05) is 0 Å². The van der Waals surface area contributed by atoms with Gasteiger partial charge in [0.05, 0.1) is 0 Å². The summed E-state index contributed by atoms with van der Waals surface area (Å²) in [5.74, 6) is 0.922. The Morgan fingerprint density at radius 2 is 1.44 bits per heavy atom. The molecule has 92 valence electrons. The third-order valence-electron chi connectivity index (χ3n) is 2.83. The van der Waals surface area contributed by atoms with E-state index < -0.39 is 8.32 Å². The molecule has 0 N–H and O–H groups in total. The molecule has 2 heteroatoms. The molecular weight excluding hydrogens is 236 g/mol. The zero-order valence-electron chi connectivity index (χ0n) is 10.9. The Morgan fingerprint density at radius 1 is 0.889 bits per heavy atom. The lowest BCUT2D eigenvalue weighted by atomic mass is 10.1. The number of hydrogen-bond acceptors (Lipinski definition) is 1. The van der Waals surface area contributed by atoms with Gasteiger partial charge in [-0.3, -0.25) is 0 Å². The van der Waals surface area contributed by atoms with Gasteiger partial charge in [0.2, 0.25) is 0 Å². The van der Waals surface area contributed by atoms with E-state index in [0.29, 0.717) is 0 Å². The lowest BCUT2D eigenvalue weighted by molar-refractivity contribution is 0.563. The highest BCUT2D eigenvalue weighted by atomic mass is 28.4. The van der Waals surface area contributed by atoms with Gasteiger partial charge < -0.3 is 4.43 Å². The summed E-state index contributed by atoms with van der Waals surface area (Å²) < 4.78 is 5.96. The molecule has 0 aliphatic carbocycles. The summed E-state index contributed by atoms with van der Waals surface area (Å²) in [6.45, 7) is 8.09. The van der Waals surface area contributed by atoms with Crippen molar-refractivity contribution in [1.29, 1.82) is 0 Å². The first-order chi connectivity index (χ1) is 8.61. The molecular formula is C16H18OSi. The molecule has 0 bridgehead atoms. The summed E-state index contributed by atoms with van der Waals surface area (Å²) >= 11 is 0. The molecule has 1 nitrogen and oxygen atoms in total. The lowest BCUT2D eigenvalue weighted by Gasteiger charge is -2.20. The van der Waals surface area contributed by atoms with Gasteiger partial charge in [0.15, 0.2) is 0 Å². The van der Waals surface area contributed by atoms with Crippen molar-refractivity contribution in [3.05, 3.63) is 66.9 Å². The highest BCUT2D eigenvalue weighted by Gasteiger charge is 2.19. The van der Waals surface area contributed by atoms with Gasteiger partial charge in [-0.1, -0.05) is 48.2 Å². The molecule has 0 saturated carbocycles. The highest BCUT2D eigenvalue weighted by molar-refractivity contribution is 6.76. The summed E-state index contributed by atoms with van der Waals surface area (Å²) in [5.41, 5.74) is 4.38. The van der Waals surface area contributed by atoms with Crippen LogP contribution < -0.4 is 4.43 Å². The van der Waals surface area contributed by atoms with Crippen LogP contribution in [-0.4, -0.2) is 8.32 Å². The Morgan fingerprint density at radius 3 is 2.00 bits per heavy atom. The minimum atomic E-state index is -1.75. The maximum absolute atomic E-state index is 5.96. The van der Waals surface area contributed by atoms with Crippen molar-refractivity contribution >= 4 is 8.32 Å². The average Bonchev–Trinajstić information content (AvgIpc) is 2.40. The predicted octanol–water partition coefficient (Wildman–Crippen LogP) is 4.66. The van der Waals surface area contributed by atoms with E-state index >= 15 is 0 Å². The molecule has 0 spiro atoms. The fraction of sp³-hybridized carbons (Fsp3) is 0.125. The molecule has 0 aliphatic heterocycles. The molecule has 0 saturated heterocycles. The van der Waals surface area contributed by atoms with E-state index in [1.807, 2.05) is 36.0 Å². The Bertz CT molecular complexity index is 515. The second kappa shape index (κ2) is 5.23. The van der Waals surface area contributed by atoms with Crippen molar-refractivity contribution in [2.24, 2.45) is 0 Å². The van der Waals surface area contributed by atoms with E-state index in [1.165, 1.54) is 11.1 Å². The molecule has 0 amide bonds. The molecule has 18 heavy (non-hydrogen) atoms. The van der Waals surface area contributed by atoms with Gasteiger partial charge in [-0.25, -0.2) is 0 Å². The largest absolute Gasteiger partial charge is 0.540 e. The number of rotatable bonds is 4. The summed E-state index contributed by atoms with van der Waals surface area (Å²) in [6.07, 6.45) is 0. The van der Waals surface area contributed by atoms with Crippen LogP contribution in [0.3, 0.4) is 0 Å². The van der Waals surface area contributed by atoms with Crippen molar-refractivity contribution in [2.75, 3.05) is 0 Å². The van der Waals surface area contributed by atoms with Crippen molar-refractivity contribution in [1.82, 2.24) is 0 Å². The first kappa shape index (κ1) is 12.6. The minimum absolute atomic E-state index is 0.922. The SMILES string of the molecule is C=C[Si](C)(C)Oc1ccc(-c2ccccc2)cc1. The first-order valence-corrected chi connectivity index (χ1v) is 9.07. The Labute approximate surface area is 110 Å². The summed E-state index contributed by atoms with van der Waals surface area (Å²) in [6, 6.07) is 18.6. The third kappa shape index (κ3) is 3.11. The van der Waals surface area contributed by atoms with Crippen LogP contribution in [0.4, 0.5) is 0 Å². The number of benzene rings is 2. The molecule has 0 atom stereocenters. The van der Waals surface area contributed by atoms with E-state index in [1.54, 1.807) is 0 Å². The monoisotopic (exact) mass is 254 g/mol. The lowest BCUT2D eigenvalue weighted by Crippen LogP contribution is -2.31. The van der Waals surface area contributed by atoms with E-state index in [-0.39, 0.29) is 0 Å². The fourth-order valence-corrected chi connectivity index (χ4v) is 2.52. The van der Waals surface area contributed by atoms with Crippen molar-refractivity contribution in [2.45, 2.75) is 13.1 Å². The average molecular weight is 254 g/mol. The van der Waals surface area contributed by atoms with Crippen LogP contribution in [0.1, 0.15) is 0 Å². The van der Waals surface area contributed by atoms with Crippen LogP contribution in [0, 0.1) is 0 Å². The topological polar surface area (TPSA) is 9.23 Å². The molecule has 0 fully saturated rings. The zero-order valence-corrected chi connectivity index (χ0v) is 11.9. The van der Waals surface area contributed by atoms with E-state index in [0.717, 1.165) is 5.75 Å². The van der Waals surface area contributed by atoms with Crippen LogP contribution in [0.25, 0.3) is 11.1 Å². The van der Waals surface area contributed by atoms with Crippen molar-refractivity contribution < 1.29 is 4.43 Å². The van der Waals surface area contributed by atoms with Gasteiger partial charge in [0.25, 0.3) is 8.32 Å². The maximum atomic E-state index is 5.96. The van der Waals surface area contributed by atoms with Gasteiger partial charge >= 0.3 is 0 Å². The van der Waals surface area contributed by atoms with E-state index in [2.05, 4.69) is 43.9 Å². The second-order valence-corrected chi connectivity index (χ2v) is 8.62. The van der Waals surface area contributed by atoms with Gasteiger partial charge in [-0.2, -0.15) is 0 Å². The highest BCUT2D eigenvalue weighted by Crippen LogP contribution is 2.23. The molecule has 2 aromatic carbocycles. The molecule has 0 heterocycles. The third-order valence-corrected chi connectivity index (χ3v) is 4.58.